The van der Waals surface area contributed by atoms with E-state index in [1.54, 1.807) is 7.11 Å². The highest BCUT2D eigenvalue weighted by Gasteiger charge is 2.16. The molecule has 0 bridgehead atoms. The summed E-state index contributed by atoms with van der Waals surface area (Å²) in [5, 5.41) is 0. The minimum Gasteiger partial charge on any atom is -0.383 e. The second-order valence-electron chi connectivity index (χ2n) is 4.27. The molecule has 3 heteroatoms. The van der Waals surface area contributed by atoms with E-state index >= 15 is 0 Å². The van der Waals surface area contributed by atoms with Crippen molar-refractivity contribution in [1.29, 1.82) is 0 Å². The molecule has 0 fully saturated rings. The monoisotopic (exact) mass is 201 g/mol. The van der Waals surface area contributed by atoms with Crippen molar-refractivity contribution in [2.45, 2.75) is 40.2 Å². The Hall–Kier alpha value is -0.570. The van der Waals surface area contributed by atoms with E-state index in [2.05, 4.69) is 13.8 Å². The van der Waals surface area contributed by atoms with Crippen LogP contribution >= 0.6 is 0 Å². The Bertz CT molecular complexity index is 167. The lowest BCUT2D eigenvalue weighted by molar-refractivity contribution is -0.134. The van der Waals surface area contributed by atoms with E-state index in [4.69, 9.17) is 4.74 Å². The van der Waals surface area contributed by atoms with E-state index in [1.165, 1.54) is 0 Å². The predicted molar refractivity (Wildman–Crippen MR) is 58.2 cm³/mol. The summed E-state index contributed by atoms with van der Waals surface area (Å²) in [6.07, 6.45) is 0.627. The van der Waals surface area contributed by atoms with Gasteiger partial charge < -0.3 is 9.64 Å². The lowest BCUT2D eigenvalue weighted by Gasteiger charge is -2.27. The van der Waals surface area contributed by atoms with Crippen molar-refractivity contribution >= 4 is 5.91 Å². The van der Waals surface area contributed by atoms with Gasteiger partial charge in [-0.25, -0.2) is 0 Å². The third-order valence-corrected chi connectivity index (χ3v) is 2.06. The zero-order valence-corrected chi connectivity index (χ0v) is 10.0. The van der Waals surface area contributed by atoms with Crippen LogP contribution in [0.1, 0.15) is 34.1 Å². The van der Waals surface area contributed by atoms with E-state index in [1.807, 2.05) is 18.7 Å². The third kappa shape index (κ3) is 5.22. The van der Waals surface area contributed by atoms with Gasteiger partial charge in [0.05, 0.1) is 6.61 Å². The number of hydrogen-bond acceptors (Lipinski definition) is 2. The van der Waals surface area contributed by atoms with Crippen LogP contribution in [-0.2, 0) is 9.53 Å². The van der Waals surface area contributed by atoms with Crippen LogP contribution in [0.15, 0.2) is 0 Å². The molecule has 14 heavy (non-hydrogen) atoms. The van der Waals surface area contributed by atoms with Gasteiger partial charge in [-0.2, -0.15) is 0 Å². The van der Waals surface area contributed by atoms with Gasteiger partial charge in [0.2, 0.25) is 5.91 Å². The number of amides is 1. The van der Waals surface area contributed by atoms with Crippen LogP contribution in [-0.4, -0.2) is 37.1 Å². The molecule has 0 aliphatic heterocycles. The Morgan fingerprint density at radius 2 is 1.86 bits per heavy atom. The molecular formula is C11H23NO2. The molecule has 3 nitrogen and oxygen atoms in total. The first-order chi connectivity index (χ1) is 6.49. The number of carbonyl (C=O) groups excluding carboxylic acids is 1. The summed E-state index contributed by atoms with van der Waals surface area (Å²) in [7, 11) is 1.66. The molecule has 0 rings (SSSR count). The van der Waals surface area contributed by atoms with Crippen LogP contribution in [0.2, 0.25) is 0 Å². The zero-order chi connectivity index (χ0) is 11.1. The molecule has 0 saturated carbocycles. The Labute approximate surface area is 87.4 Å². The van der Waals surface area contributed by atoms with Crippen LogP contribution in [0.5, 0.6) is 0 Å². The molecule has 0 unspecified atom stereocenters. The smallest absolute Gasteiger partial charge is 0.223 e. The summed E-state index contributed by atoms with van der Waals surface area (Å²) < 4.78 is 4.98. The lowest BCUT2D eigenvalue weighted by atomic mass is 10.1. The van der Waals surface area contributed by atoms with Crippen LogP contribution in [0.4, 0.5) is 0 Å². The van der Waals surface area contributed by atoms with E-state index in [0.29, 0.717) is 25.5 Å². The summed E-state index contributed by atoms with van der Waals surface area (Å²) >= 11 is 0. The summed E-state index contributed by atoms with van der Waals surface area (Å²) in [4.78, 5) is 13.6. The maximum atomic E-state index is 11.8. The third-order valence-electron chi connectivity index (χ3n) is 2.06. The van der Waals surface area contributed by atoms with Crippen molar-refractivity contribution in [2.75, 3.05) is 20.3 Å². The van der Waals surface area contributed by atoms with Crippen molar-refractivity contribution in [3.63, 3.8) is 0 Å². The molecule has 0 aromatic carbocycles. The number of ether oxygens (including phenoxy) is 1. The average Bonchev–Trinajstić information content (AvgIpc) is 2.02. The highest BCUT2D eigenvalue weighted by Crippen LogP contribution is 2.07. The number of carbonyl (C=O) groups is 1. The number of nitrogens with zero attached hydrogens (tertiary/aromatic N) is 1. The van der Waals surface area contributed by atoms with Gasteiger partial charge in [0.15, 0.2) is 0 Å². The fourth-order valence-electron chi connectivity index (χ4n) is 1.33. The summed E-state index contributed by atoms with van der Waals surface area (Å²) in [5.41, 5.74) is 0. The van der Waals surface area contributed by atoms with Gasteiger partial charge in [-0.3, -0.25) is 4.79 Å². The fourth-order valence-corrected chi connectivity index (χ4v) is 1.33. The Kier molecular flexibility index (Phi) is 6.54. The molecule has 0 radical (unpaired) electrons. The van der Waals surface area contributed by atoms with Gasteiger partial charge in [-0.1, -0.05) is 13.8 Å². The van der Waals surface area contributed by atoms with Gasteiger partial charge in [0.25, 0.3) is 0 Å². The Morgan fingerprint density at radius 3 is 2.21 bits per heavy atom. The Morgan fingerprint density at radius 1 is 1.29 bits per heavy atom. The Balaban J connectivity index is 4.11. The number of methoxy groups -OCH3 is 1. The summed E-state index contributed by atoms with van der Waals surface area (Å²) in [5.74, 6) is 0.651. The first-order valence-electron chi connectivity index (χ1n) is 5.27. The van der Waals surface area contributed by atoms with Gasteiger partial charge in [-0.15, -0.1) is 0 Å². The molecule has 84 valence electrons. The normalized spacial score (nSPS) is 11.1. The second-order valence-corrected chi connectivity index (χ2v) is 4.27. The van der Waals surface area contributed by atoms with Gasteiger partial charge in [0, 0.05) is 26.1 Å². The van der Waals surface area contributed by atoms with E-state index in [9.17, 15) is 4.79 Å². The first-order valence-corrected chi connectivity index (χ1v) is 5.27. The topological polar surface area (TPSA) is 29.5 Å². The SMILES string of the molecule is COCCN(C(=O)CC(C)C)C(C)C. The molecule has 0 aromatic rings. The number of rotatable bonds is 6. The van der Waals surface area contributed by atoms with Crippen molar-refractivity contribution in [1.82, 2.24) is 4.90 Å². The molecule has 0 aliphatic rings. The number of hydrogen-bond donors (Lipinski definition) is 0. The molecular weight excluding hydrogens is 178 g/mol. The van der Waals surface area contributed by atoms with Gasteiger partial charge >= 0.3 is 0 Å². The molecule has 0 atom stereocenters. The standard InChI is InChI=1S/C11H23NO2/c1-9(2)8-11(13)12(10(3)4)6-7-14-5/h9-10H,6-8H2,1-5H3. The van der Waals surface area contributed by atoms with Crippen LogP contribution in [0, 0.1) is 5.92 Å². The van der Waals surface area contributed by atoms with Crippen molar-refractivity contribution < 1.29 is 9.53 Å². The van der Waals surface area contributed by atoms with Crippen molar-refractivity contribution in [3.8, 4) is 0 Å². The molecule has 0 aliphatic carbocycles. The van der Waals surface area contributed by atoms with Crippen LogP contribution < -0.4 is 0 Å². The molecule has 1 amide bonds. The van der Waals surface area contributed by atoms with E-state index in [0.717, 1.165) is 0 Å². The van der Waals surface area contributed by atoms with E-state index < -0.39 is 0 Å². The minimum atomic E-state index is 0.229. The molecule has 0 aromatic heterocycles. The highest BCUT2D eigenvalue weighted by molar-refractivity contribution is 5.76. The fraction of sp³-hybridized carbons (Fsp3) is 0.909. The predicted octanol–water partition coefficient (Wildman–Crippen LogP) is 1.92. The largest absolute Gasteiger partial charge is 0.383 e. The first kappa shape index (κ1) is 13.4. The molecule has 0 spiro atoms. The van der Waals surface area contributed by atoms with Crippen LogP contribution in [0.3, 0.4) is 0 Å². The lowest BCUT2D eigenvalue weighted by Crippen LogP contribution is -2.39. The van der Waals surface area contributed by atoms with Crippen LogP contribution in [0.25, 0.3) is 0 Å². The second kappa shape index (κ2) is 6.82. The average molecular weight is 201 g/mol. The van der Waals surface area contributed by atoms with E-state index in [-0.39, 0.29) is 11.9 Å². The quantitative estimate of drug-likeness (QED) is 0.657. The zero-order valence-electron chi connectivity index (χ0n) is 10.0. The summed E-state index contributed by atoms with van der Waals surface area (Å²) in [6, 6.07) is 0.261. The maximum Gasteiger partial charge on any atom is 0.223 e. The maximum absolute atomic E-state index is 11.8. The van der Waals surface area contributed by atoms with Crippen molar-refractivity contribution in [2.24, 2.45) is 5.92 Å². The van der Waals surface area contributed by atoms with Gasteiger partial charge in [-0.05, 0) is 19.8 Å². The summed E-state index contributed by atoms with van der Waals surface area (Å²) in [6.45, 7) is 9.50. The highest BCUT2D eigenvalue weighted by atomic mass is 16.5. The van der Waals surface area contributed by atoms with Crippen molar-refractivity contribution in [3.05, 3.63) is 0 Å². The van der Waals surface area contributed by atoms with Gasteiger partial charge in [0.1, 0.15) is 0 Å². The molecule has 0 saturated heterocycles. The molecule has 0 N–H and O–H groups in total. The minimum absolute atomic E-state index is 0.229. The molecule has 0 heterocycles.